The molecule has 0 saturated heterocycles. The fourth-order valence-electron chi connectivity index (χ4n) is 1.51. The molecule has 0 aliphatic carbocycles. The third kappa shape index (κ3) is 6.35. The van der Waals surface area contributed by atoms with Gasteiger partial charge in [0.15, 0.2) is 5.11 Å². The number of carbonyl (C=O) groups is 2. The molecule has 5 nitrogen and oxygen atoms in total. The summed E-state index contributed by atoms with van der Waals surface area (Å²) in [6.45, 7) is 5.55. The highest BCUT2D eigenvalue weighted by atomic mass is 32.1. The molecular weight excluding hydrogens is 286 g/mol. The lowest BCUT2D eigenvalue weighted by Crippen LogP contribution is -2.36. The normalized spacial score (nSPS) is 10.1. The van der Waals surface area contributed by atoms with Crippen molar-refractivity contribution in [2.45, 2.75) is 33.6 Å². The van der Waals surface area contributed by atoms with Crippen LogP contribution in [0.3, 0.4) is 0 Å². The molecule has 21 heavy (non-hydrogen) atoms. The van der Waals surface area contributed by atoms with Crippen LogP contribution < -0.4 is 16.0 Å². The number of hydrogen-bond acceptors (Lipinski definition) is 3. The molecule has 0 aliphatic heterocycles. The Kier molecular flexibility index (Phi) is 6.81. The molecule has 0 aromatic heterocycles. The SMILES string of the molecule is CCCC(=O)Nc1ccc(NC(=S)NC(=O)C(C)C)cc1. The van der Waals surface area contributed by atoms with Gasteiger partial charge < -0.3 is 16.0 Å². The molecule has 0 saturated carbocycles. The van der Waals surface area contributed by atoms with Crippen LogP contribution in [0.5, 0.6) is 0 Å². The quantitative estimate of drug-likeness (QED) is 0.732. The molecule has 1 rings (SSSR count). The van der Waals surface area contributed by atoms with Crippen molar-refractivity contribution in [2.24, 2.45) is 5.92 Å². The van der Waals surface area contributed by atoms with E-state index >= 15 is 0 Å². The summed E-state index contributed by atoms with van der Waals surface area (Å²) in [6.07, 6.45) is 1.32. The van der Waals surface area contributed by atoms with Crippen LogP contribution in [0.15, 0.2) is 24.3 Å². The molecule has 0 fully saturated rings. The number of carbonyl (C=O) groups excluding carboxylic acids is 2. The van der Waals surface area contributed by atoms with Crippen LogP contribution in [0, 0.1) is 5.92 Å². The second-order valence-corrected chi connectivity index (χ2v) is 5.38. The summed E-state index contributed by atoms with van der Waals surface area (Å²) in [5, 5.41) is 8.59. The van der Waals surface area contributed by atoms with Gasteiger partial charge in [0.25, 0.3) is 0 Å². The molecule has 6 heteroatoms. The van der Waals surface area contributed by atoms with E-state index in [4.69, 9.17) is 12.2 Å². The maximum Gasteiger partial charge on any atom is 0.228 e. The maximum atomic E-state index is 11.5. The van der Waals surface area contributed by atoms with Crippen molar-refractivity contribution in [1.82, 2.24) is 5.32 Å². The van der Waals surface area contributed by atoms with E-state index in [0.717, 1.165) is 17.8 Å². The minimum absolute atomic E-state index is 0.00192. The van der Waals surface area contributed by atoms with Gasteiger partial charge in [-0.2, -0.15) is 0 Å². The molecule has 0 unspecified atom stereocenters. The van der Waals surface area contributed by atoms with E-state index < -0.39 is 0 Å². The number of rotatable bonds is 5. The standard InChI is InChI=1S/C15H21N3O2S/c1-4-5-13(19)16-11-6-8-12(9-7-11)17-15(21)18-14(20)10(2)3/h6-10H,4-5H2,1-3H3,(H,16,19)(H2,17,18,20,21). The van der Waals surface area contributed by atoms with Crippen LogP contribution in [0.2, 0.25) is 0 Å². The van der Waals surface area contributed by atoms with Crippen molar-refractivity contribution in [1.29, 1.82) is 0 Å². The van der Waals surface area contributed by atoms with Crippen molar-refractivity contribution in [3.05, 3.63) is 24.3 Å². The van der Waals surface area contributed by atoms with Gasteiger partial charge in [0, 0.05) is 23.7 Å². The smallest absolute Gasteiger partial charge is 0.228 e. The third-order valence-corrected chi connectivity index (χ3v) is 2.87. The first kappa shape index (κ1) is 17.1. The highest BCUT2D eigenvalue weighted by Gasteiger charge is 2.08. The molecule has 3 N–H and O–H groups in total. The Hall–Kier alpha value is -1.95. The van der Waals surface area contributed by atoms with Crippen LogP contribution in [0.1, 0.15) is 33.6 Å². The molecule has 2 amide bonds. The number of benzene rings is 1. The Morgan fingerprint density at radius 2 is 1.62 bits per heavy atom. The lowest BCUT2D eigenvalue weighted by molar-refractivity contribution is -0.122. The summed E-state index contributed by atoms with van der Waals surface area (Å²) in [5.41, 5.74) is 1.48. The molecule has 0 spiro atoms. The predicted octanol–water partition coefficient (Wildman–Crippen LogP) is 2.89. The zero-order valence-corrected chi connectivity index (χ0v) is 13.3. The molecule has 1 aromatic rings. The first-order chi connectivity index (χ1) is 9.92. The molecule has 0 bridgehead atoms. The van der Waals surface area contributed by atoms with Crippen LogP contribution in [0.25, 0.3) is 0 Å². The van der Waals surface area contributed by atoms with E-state index in [1.54, 1.807) is 38.1 Å². The van der Waals surface area contributed by atoms with E-state index in [9.17, 15) is 9.59 Å². The van der Waals surface area contributed by atoms with E-state index in [0.29, 0.717) is 6.42 Å². The van der Waals surface area contributed by atoms with Crippen molar-refractivity contribution >= 4 is 40.5 Å². The lowest BCUT2D eigenvalue weighted by Gasteiger charge is -2.11. The largest absolute Gasteiger partial charge is 0.332 e. The Labute approximate surface area is 130 Å². The van der Waals surface area contributed by atoms with Crippen LogP contribution in [0.4, 0.5) is 11.4 Å². The van der Waals surface area contributed by atoms with Gasteiger partial charge in [-0.3, -0.25) is 9.59 Å². The number of hydrogen-bond donors (Lipinski definition) is 3. The van der Waals surface area contributed by atoms with Gasteiger partial charge in [-0.15, -0.1) is 0 Å². The molecule has 0 heterocycles. The molecule has 0 aliphatic rings. The molecular formula is C15H21N3O2S. The number of anilines is 2. The summed E-state index contributed by atoms with van der Waals surface area (Å²) >= 11 is 5.06. The van der Waals surface area contributed by atoms with Crippen LogP contribution >= 0.6 is 12.2 Å². The second kappa shape index (κ2) is 8.36. The Morgan fingerprint density at radius 3 is 2.10 bits per heavy atom. The van der Waals surface area contributed by atoms with Gasteiger partial charge in [0.05, 0.1) is 0 Å². The number of nitrogens with one attached hydrogen (secondary N) is 3. The van der Waals surface area contributed by atoms with E-state index in [-0.39, 0.29) is 22.8 Å². The molecule has 114 valence electrons. The minimum atomic E-state index is -0.129. The summed E-state index contributed by atoms with van der Waals surface area (Å²) < 4.78 is 0. The number of thiocarbonyl (C=S) groups is 1. The first-order valence-corrected chi connectivity index (χ1v) is 7.35. The van der Waals surface area contributed by atoms with E-state index in [1.807, 2.05) is 6.92 Å². The van der Waals surface area contributed by atoms with Crippen molar-refractivity contribution in [3.8, 4) is 0 Å². The van der Waals surface area contributed by atoms with Crippen molar-refractivity contribution in [2.75, 3.05) is 10.6 Å². The third-order valence-electron chi connectivity index (χ3n) is 2.66. The fraction of sp³-hybridized carbons (Fsp3) is 0.400. The molecule has 1 aromatic carbocycles. The number of amides is 2. The second-order valence-electron chi connectivity index (χ2n) is 4.97. The van der Waals surface area contributed by atoms with E-state index in [1.165, 1.54) is 0 Å². The minimum Gasteiger partial charge on any atom is -0.332 e. The topological polar surface area (TPSA) is 70.2 Å². The summed E-state index contributed by atoms with van der Waals surface area (Å²) in [4.78, 5) is 23.0. The van der Waals surface area contributed by atoms with Crippen LogP contribution in [-0.4, -0.2) is 16.9 Å². The van der Waals surface area contributed by atoms with Gasteiger partial charge in [0.1, 0.15) is 0 Å². The van der Waals surface area contributed by atoms with Gasteiger partial charge in [-0.1, -0.05) is 20.8 Å². The molecule has 0 atom stereocenters. The lowest BCUT2D eigenvalue weighted by atomic mass is 10.2. The average molecular weight is 307 g/mol. The summed E-state index contributed by atoms with van der Waals surface area (Å²) in [5.74, 6) is -0.255. The zero-order valence-electron chi connectivity index (χ0n) is 12.5. The van der Waals surface area contributed by atoms with Gasteiger partial charge in [0.2, 0.25) is 11.8 Å². The van der Waals surface area contributed by atoms with Gasteiger partial charge in [-0.05, 0) is 42.9 Å². The monoisotopic (exact) mass is 307 g/mol. The van der Waals surface area contributed by atoms with Crippen LogP contribution in [-0.2, 0) is 9.59 Å². The van der Waals surface area contributed by atoms with Crippen molar-refractivity contribution < 1.29 is 9.59 Å². The first-order valence-electron chi connectivity index (χ1n) is 6.94. The maximum absolute atomic E-state index is 11.5. The van der Waals surface area contributed by atoms with E-state index in [2.05, 4.69) is 16.0 Å². The van der Waals surface area contributed by atoms with Gasteiger partial charge >= 0.3 is 0 Å². The summed E-state index contributed by atoms with van der Waals surface area (Å²) in [6, 6.07) is 7.14. The fourth-order valence-corrected chi connectivity index (χ4v) is 1.72. The average Bonchev–Trinajstić information content (AvgIpc) is 2.41. The zero-order chi connectivity index (χ0) is 15.8. The summed E-state index contributed by atoms with van der Waals surface area (Å²) in [7, 11) is 0. The van der Waals surface area contributed by atoms with Gasteiger partial charge in [-0.25, -0.2) is 0 Å². The highest BCUT2D eigenvalue weighted by molar-refractivity contribution is 7.80. The highest BCUT2D eigenvalue weighted by Crippen LogP contribution is 2.14. The van der Waals surface area contributed by atoms with Crippen molar-refractivity contribution in [3.63, 3.8) is 0 Å². The predicted molar refractivity (Wildman–Crippen MR) is 89.2 cm³/mol. The Morgan fingerprint density at radius 1 is 1.10 bits per heavy atom. The Bertz CT molecular complexity index is 512. The molecule has 0 radical (unpaired) electrons. The Balaban J connectivity index is 2.52.